The van der Waals surface area contributed by atoms with Gasteiger partial charge in [-0.15, -0.1) is 0 Å². The van der Waals surface area contributed by atoms with E-state index in [1.807, 2.05) is 6.92 Å². The van der Waals surface area contributed by atoms with Crippen LogP contribution in [-0.4, -0.2) is 67.6 Å². The smallest absolute Gasteiger partial charge is 0.151 e. The monoisotopic (exact) mass is 258 g/mol. The van der Waals surface area contributed by atoms with E-state index in [9.17, 15) is 0 Å². The van der Waals surface area contributed by atoms with Crippen molar-refractivity contribution in [3.8, 4) is 0 Å². The van der Waals surface area contributed by atoms with Crippen molar-refractivity contribution in [2.24, 2.45) is 0 Å². The van der Waals surface area contributed by atoms with Crippen molar-refractivity contribution in [1.29, 1.82) is 0 Å². The number of aliphatic hydroxyl groups is 7. The van der Waals surface area contributed by atoms with Crippen molar-refractivity contribution in [3.63, 3.8) is 0 Å². The molecule has 0 heterocycles. The molecule has 7 N–H and O–H groups in total. The Balaban J connectivity index is -0.000000174. The second-order valence-corrected chi connectivity index (χ2v) is 3.18. The average molecular weight is 258 g/mol. The van der Waals surface area contributed by atoms with Gasteiger partial charge in [0.1, 0.15) is 6.10 Å². The Labute approximate surface area is 102 Å². The van der Waals surface area contributed by atoms with Gasteiger partial charge >= 0.3 is 0 Å². The largest absolute Gasteiger partial charge is 0.394 e. The lowest BCUT2D eigenvalue weighted by atomic mass is 10.3. The van der Waals surface area contributed by atoms with Crippen molar-refractivity contribution in [3.05, 3.63) is 0 Å². The highest BCUT2D eigenvalue weighted by molar-refractivity contribution is 4.44. The molecule has 0 fully saturated rings. The minimum absolute atomic E-state index is 0.365. The minimum atomic E-state index is -1.12. The first kappa shape index (κ1) is 21.9. The summed E-state index contributed by atoms with van der Waals surface area (Å²) < 4.78 is 0. The molecule has 0 aliphatic carbocycles. The summed E-state index contributed by atoms with van der Waals surface area (Å²) in [6.45, 7) is 2.87. The normalized spacial score (nSPS) is 9.88. The molecule has 7 heteroatoms. The number of aliphatic hydroxyl groups excluding tert-OH is 5. The number of hydrogen-bond acceptors (Lipinski definition) is 7. The third-order valence-corrected chi connectivity index (χ3v) is 1.33. The number of rotatable bonds is 5. The van der Waals surface area contributed by atoms with Gasteiger partial charge < -0.3 is 35.7 Å². The lowest BCUT2D eigenvalue weighted by Gasteiger charge is -1.96. The van der Waals surface area contributed by atoms with Crippen molar-refractivity contribution < 1.29 is 35.7 Å². The zero-order chi connectivity index (χ0) is 14.3. The van der Waals surface area contributed by atoms with Crippen LogP contribution in [0.2, 0.25) is 0 Å². The SMILES string of the molecule is CCC(O)O.CCCC(O)O.OCC(O)CO. The Morgan fingerprint density at radius 1 is 0.765 bits per heavy atom. The van der Waals surface area contributed by atoms with Gasteiger partial charge in [0, 0.05) is 0 Å². The van der Waals surface area contributed by atoms with E-state index in [1.165, 1.54) is 0 Å². The van der Waals surface area contributed by atoms with Crippen LogP contribution in [0.5, 0.6) is 0 Å². The van der Waals surface area contributed by atoms with Crippen molar-refractivity contribution >= 4 is 0 Å². The summed E-state index contributed by atoms with van der Waals surface area (Å²) in [6.07, 6.45) is -1.44. The van der Waals surface area contributed by atoms with Crippen LogP contribution in [0.15, 0.2) is 0 Å². The molecule has 7 nitrogen and oxygen atoms in total. The zero-order valence-corrected chi connectivity index (χ0v) is 10.4. The maximum atomic E-state index is 8.17. The Bertz CT molecular complexity index is 115. The molecule has 0 aliphatic rings. The topological polar surface area (TPSA) is 142 Å². The summed E-state index contributed by atoms with van der Waals surface area (Å²) in [5.41, 5.74) is 0. The molecule has 0 aromatic heterocycles. The van der Waals surface area contributed by atoms with Crippen molar-refractivity contribution in [2.45, 2.75) is 51.8 Å². The minimum Gasteiger partial charge on any atom is -0.394 e. The molecule has 0 spiro atoms. The van der Waals surface area contributed by atoms with Crippen molar-refractivity contribution in [1.82, 2.24) is 0 Å². The van der Waals surface area contributed by atoms with Gasteiger partial charge in [0.05, 0.1) is 13.2 Å². The van der Waals surface area contributed by atoms with E-state index >= 15 is 0 Å². The summed E-state index contributed by atoms with van der Waals surface area (Å²) in [6, 6.07) is 0. The predicted molar refractivity (Wildman–Crippen MR) is 61.8 cm³/mol. The predicted octanol–water partition coefficient (Wildman–Crippen LogP) is -1.86. The Morgan fingerprint density at radius 3 is 1.12 bits per heavy atom. The fourth-order valence-electron chi connectivity index (χ4n) is 0.316. The van der Waals surface area contributed by atoms with Crippen LogP contribution in [0, 0.1) is 0 Å². The second-order valence-electron chi connectivity index (χ2n) is 3.18. The van der Waals surface area contributed by atoms with Crippen LogP contribution in [0.4, 0.5) is 0 Å². The van der Waals surface area contributed by atoms with Crippen LogP contribution in [0.3, 0.4) is 0 Å². The molecular weight excluding hydrogens is 232 g/mol. The van der Waals surface area contributed by atoms with Gasteiger partial charge in [-0.25, -0.2) is 0 Å². The summed E-state index contributed by atoms with van der Waals surface area (Å²) in [4.78, 5) is 0. The van der Waals surface area contributed by atoms with Gasteiger partial charge in [0.2, 0.25) is 0 Å². The average Bonchev–Trinajstić information content (AvgIpc) is 2.29. The first-order valence-corrected chi connectivity index (χ1v) is 5.47. The van der Waals surface area contributed by atoms with Gasteiger partial charge in [0.15, 0.2) is 12.6 Å². The molecule has 0 amide bonds. The van der Waals surface area contributed by atoms with E-state index in [4.69, 9.17) is 35.7 Å². The van der Waals surface area contributed by atoms with Gasteiger partial charge in [0.25, 0.3) is 0 Å². The third kappa shape index (κ3) is 38.9. The van der Waals surface area contributed by atoms with E-state index in [0.717, 1.165) is 6.42 Å². The highest BCUT2D eigenvalue weighted by atomic mass is 16.5. The summed E-state index contributed by atoms with van der Waals surface area (Å²) >= 11 is 0. The number of hydrogen-bond donors (Lipinski definition) is 7. The van der Waals surface area contributed by atoms with Gasteiger partial charge in [-0.3, -0.25) is 0 Å². The fraction of sp³-hybridized carbons (Fsp3) is 1.00. The van der Waals surface area contributed by atoms with Crippen molar-refractivity contribution in [2.75, 3.05) is 13.2 Å². The first-order chi connectivity index (χ1) is 7.85. The summed E-state index contributed by atoms with van der Waals surface area (Å²) in [7, 11) is 0. The molecule has 0 aromatic carbocycles. The van der Waals surface area contributed by atoms with Crippen LogP contribution in [-0.2, 0) is 0 Å². The molecule has 0 saturated carbocycles. The lowest BCUT2D eigenvalue weighted by Crippen LogP contribution is -2.15. The molecule has 0 radical (unpaired) electrons. The zero-order valence-electron chi connectivity index (χ0n) is 10.4. The molecule has 0 bridgehead atoms. The molecule has 17 heavy (non-hydrogen) atoms. The molecule has 0 aromatic rings. The summed E-state index contributed by atoms with van der Waals surface area (Å²) in [5, 5.41) is 56.1. The van der Waals surface area contributed by atoms with E-state index in [2.05, 4.69) is 0 Å². The highest BCUT2D eigenvalue weighted by Gasteiger charge is 1.93. The van der Waals surface area contributed by atoms with E-state index in [1.54, 1.807) is 6.92 Å². The van der Waals surface area contributed by atoms with E-state index in [-0.39, 0.29) is 13.2 Å². The summed E-state index contributed by atoms with van der Waals surface area (Å²) in [5.74, 6) is 0. The molecule has 0 atom stereocenters. The Hall–Kier alpha value is -0.280. The quantitative estimate of drug-likeness (QED) is 0.287. The third-order valence-electron chi connectivity index (χ3n) is 1.33. The van der Waals surface area contributed by atoms with Gasteiger partial charge in [-0.2, -0.15) is 0 Å². The fourth-order valence-corrected chi connectivity index (χ4v) is 0.316. The Morgan fingerprint density at radius 2 is 1.12 bits per heavy atom. The van der Waals surface area contributed by atoms with E-state index < -0.39 is 18.7 Å². The molecule has 0 unspecified atom stereocenters. The second kappa shape index (κ2) is 18.1. The maximum absolute atomic E-state index is 8.17. The molecule has 0 aliphatic heterocycles. The standard InChI is InChI=1S/C4H10O2.C3H8O3.C3H8O2/c1-2-3-4(5)6;4-1-3(6)2-5;1-2-3(4)5/h4-6H,2-3H2,1H3;3-6H,1-2H2;3-5H,2H2,1H3. The highest BCUT2D eigenvalue weighted by Crippen LogP contribution is 1.88. The molecule has 0 saturated heterocycles. The first-order valence-electron chi connectivity index (χ1n) is 5.47. The lowest BCUT2D eigenvalue weighted by molar-refractivity contribution is -0.0454. The van der Waals surface area contributed by atoms with Gasteiger partial charge in [-0.1, -0.05) is 20.3 Å². The van der Waals surface area contributed by atoms with Crippen LogP contribution in [0.1, 0.15) is 33.1 Å². The molecule has 108 valence electrons. The molecular formula is C10H26O7. The maximum Gasteiger partial charge on any atom is 0.151 e. The van der Waals surface area contributed by atoms with E-state index in [0.29, 0.717) is 12.8 Å². The van der Waals surface area contributed by atoms with Crippen LogP contribution < -0.4 is 0 Å². The van der Waals surface area contributed by atoms with Gasteiger partial charge in [-0.05, 0) is 12.8 Å². The van der Waals surface area contributed by atoms with Crippen LogP contribution >= 0.6 is 0 Å². The molecule has 0 rings (SSSR count). The Kier molecular flexibility index (Phi) is 23.4. The van der Waals surface area contributed by atoms with Crippen LogP contribution in [0.25, 0.3) is 0 Å².